The minimum atomic E-state index is -1.05. The van der Waals surface area contributed by atoms with Gasteiger partial charge in [0.1, 0.15) is 0 Å². The Morgan fingerprint density at radius 3 is 2.85 bits per heavy atom. The molecule has 0 fully saturated rings. The lowest BCUT2D eigenvalue weighted by Gasteiger charge is -2.23. The Bertz CT molecular complexity index is 594. The zero-order chi connectivity index (χ0) is 14.5. The Morgan fingerprint density at radius 1 is 1.45 bits per heavy atom. The molecule has 20 heavy (non-hydrogen) atoms. The van der Waals surface area contributed by atoms with E-state index >= 15 is 0 Å². The zero-order valence-corrected chi connectivity index (χ0v) is 11.7. The molecule has 0 aliphatic carbocycles. The number of carboxylic acid groups (broad SMARTS) is 1. The van der Waals surface area contributed by atoms with Crippen molar-refractivity contribution in [2.24, 2.45) is 0 Å². The van der Waals surface area contributed by atoms with Gasteiger partial charge in [0.15, 0.2) is 5.69 Å². The van der Waals surface area contributed by atoms with Crippen molar-refractivity contribution < 1.29 is 9.90 Å². The summed E-state index contributed by atoms with van der Waals surface area (Å²) in [5.74, 6) is -1.05. The predicted octanol–water partition coefficient (Wildman–Crippen LogP) is 1.81. The van der Waals surface area contributed by atoms with Crippen LogP contribution in [0.3, 0.4) is 0 Å². The van der Waals surface area contributed by atoms with Crippen LogP contribution in [0.15, 0.2) is 30.5 Å². The van der Waals surface area contributed by atoms with Crippen molar-refractivity contribution in [2.75, 3.05) is 18.0 Å². The average molecular weight is 274 g/mol. The fraction of sp³-hybridized carbons (Fsp3) is 0.357. The molecule has 0 atom stereocenters. The summed E-state index contributed by atoms with van der Waals surface area (Å²) in [6.45, 7) is 6.38. The largest absolute Gasteiger partial charge is 0.476 e. The van der Waals surface area contributed by atoms with Gasteiger partial charge < -0.3 is 10.0 Å². The van der Waals surface area contributed by atoms with Crippen LogP contribution in [-0.2, 0) is 6.54 Å². The van der Waals surface area contributed by atoms with Gasteiger partial charge in [0, 0.05) is 18.8 Å². The molecule has 0 bridgehead atoms. The maximum Gasteiger partial charge on any atom is 0.358 e. The highest BCUT2D eigenvalue weighted by molar-refractivity contribution is 5.84. The summed E-state index contributed by atoms with van der Waals surface area (Å²) in [7, 11) is 0. The summed E-state index contributed by atoms with van der Waals surface area (Å²) < 4.78 is 1.56. The van der Waals surface area contributed by atoms with Crippen LogP contribution in [-0.4, -0.2) is 39.2 Å². The highest BCUT2D eigenvalue weighted by Crippen LogP contribution is 2.15. The minimum Gasteiger partial charge on any atom is -0.476 e. The Balaban J connectivity index is 2.01. The molecule has 1 N–H and O–H groups in total. The fourth-order valence-corrected chi connectivity index (χ4v) is 2.02. The molecule has 2 aromatic rings. The Kier molecular flexibility index (Phi) is 4.34. The molecule has 0 amide bonds. The second kappa shape index (κ2) is 6.18. The first kappa shape index (κ1) is 14.0. The summed E-state index contributed by atoms with van der Waals surface area (Å²) in [6, 6.07) is 8.30. The number of aromatic nitrogens is 3. The third-order valence-electron chi connectivity index (χ3n) is 3.11. The molecule has 0 aliphatic rings. The summed E-state index contributed by atoms with van der Waals surface area (Å²) in [4.78, 5) is 13.0. The molecule has 1 heterocycles. The van der Waals surface area contributed by atoms with E-state index in [1.54, 1.807) is 4.68 Å². The van der Waals surface area contributed by atoms with Crippen molar-refractivity contribution in [2.45, 2.75) is 20.4 Å². The molecule has 1 aromatic carbocycles. The van der Waals surface area contributed by atoms with E-state index in [1.165, 1.54) is 11.8 Å². The predicted molar refractivity (Wildman–Crippen MR) is 76.0 cm³/mol. The summed E-state index contributed by atoms with van der Waals surface area (Å²) in [6.07, 6.45) is 1.45. The molecule has 0 unspecified atom stereocenters. The topological polar surface area (TPSA) is 71.2 Å². The van der Waals surface area contributed by atoms with E-state index in [2.05, 4.69) is 47.3 Å². The van der Waals surface area contributed by atoms with Gasteiger partial charge >= 0.3 is 5.97 Å². The molecule has 0 saturated heterocycles. The third kappa shape index (κ3) is 3.34. The maximum atomic E-state index is 10.7. The van der Waals surface area contributed by atoms with E-state index in [0.717, 1.165) is 18.8 Å². The van der Waals surface area contributed by atoms with Crippen molar-refractivity contribution in [3.63, 3.8) is 0 Å². The lowest BCUT2D eigenvalue weighted by Crippen LogP contribution is -2.27. The van der Waals surface area contributed by atoms with E-state index in [9.17, 15) is 4.79 Å². The monoisotopic (exact) mass is 274 g/mol. The van der Waals surface area contributed by atoms with Crippen LogP contribution in [0.25, 0.3) is 0 Å². The van der Waals surface area contributed by atoms with Gasteiger partial charge in [-0.15, -0.1) is 5.10 Å². The molecule has 6 nitrogen and oxygen atoms in total. The zero-order valence-electron chi connectivity index (χ0n) is 11.7. The lowest BCUT2D eigenvalue weighted by molar-refractivity contribution is 0.0690. The number of anilines is 1. The number of aryl methyl sites for hydroxylation is 1. The Morgan fingerprint density at radius 2 is 2.25 bits per heavy atom. The van der Waals surface area contributed by atoms with Gasteiger partial charge in [-0.2, -0.15) is 0 Å². The quantitative estimate of drug-likeness (QED) is 0.869. The SMILES string of the molecule is CCN(CCn1cc(C(=O)O)nn1)c1cccc(C)c1. The summed E-state index contributed by atoms with van der Waals surface area (Å²) in [5.41, 5.74) is 2.35. The molecule has 0 radical (unpaired) electrons. The van der Waals surface area contributed by atoms with Crippen molar-refractivity contribution >= 4 is 11.7 Å². The molecule has 0 spiro atoms. The molecular weight excluding hydrogens is 256 g/mol. The number of carbonyl (C=O) groups is 1. The van der Waals surface area contributed by atoms with Gasteiger partial charge in [0.05, 0.1) is 12.7 Å². The lowest BCUT2D eigenvalue weighted by atomic mass is 10.2. The minimum absolute atomic E-state index is 0.0244. The Labute approximate surface area is 117 Å². The normalized spacial score (nSPS) is 10.5. The third-order valence-corrected chi connectivity index (χ3v) is 3.11. The first-order chi connectivity index (χ1) is 9.60. The first-order valence-corrected chi connectivity index (χ1v) is 6.55. The number of aromatic carboxylic acids is 1. The van der Waals surface area contributed by atoms with E-state index in [-0.39, 0.29) is 5.69 Å². The van der Waals surface area contributed by atoms with Crippen molar-refractivity contribution in [1.82, 2.24) is 15.0 Å². The molecular formula is C14H18N4O2. The van der Waals surface area contributed by atoms with Crippen molar-refractivity contribution in [3.8, 4) is 0 Å². The van der Waals surface area contributed by atoms with Crippen LogP contribution in [0.5, 0.6) is 0 Å². The van der Waals surface area contributed by atoms with Crippen LogP contribution >= 0.6 is 0 Å². The fourth-order valence-electron chi connectivity index (χ4n) is 2.02. The maximum absolute atomic E-state index is 10.7. The molecule has 2 rings (SSSR count). The van der Waals surface area contributed by atoms with Gasteiger partial charge in [-0.3, -0.25) is 0 Å². The van der Waals surface area contributed by atoms with Crippen LogP contribution in [0.1, 0.15) is 23.0 Å². The second-order valence-electron chi connectivity index (χ2n) is 4.59. The molecule has 106 valence electrons. The molecule has 1 aromatic heterocycles. The van der Waals surface area contributed by atoms with E-state index in [1.807, 2.05) is 6.07 Å². The Hall–Kier alpha value is -2.37. The van der Waals surface area contributed by atoms with Crippen LogP contribution in [0.4, 0.5) is 5.69 Å². The van der Waals surface area contributed by atoms with Gasteiger partial charge in [-0.1, -0.05) is 17.3 Å². The number of rotatable bonds is 6. The molecule has 0 aliphatic heterocycles. The standard InChI is InChI=1S/C14H18N4O2/c1-3-17(12-6-4-5-11(2)9-12)7-8-18-10-13(14(19)20)15-16-18/h4-6,9-10H,3,7-8H2,1-2H3,(H,19,20). The van der Waals surface area contributed by atoms with E-state index in [4.69, 9.17) is 5.11 Å². The number of carboxylic acids is 1. The number of hydrogen-bond acceptors (Lipinski definition) is 4. The van der Waals surface area contributed by atoms with Crippen LogP contribution < -0.4 is 4.90 Å². The van der Waals surface area contributed by atoms with E-state index < -0.39 is 5.97 Å². The van der Waals surface area contributed by atoms with Crippen molar-refractivity contribution in [3.05, 3.63) is 41.7 Å². The second-order valence-corrected chi connectivity index (χ2v) is 4.59. The van der Waals surface area contributed by atoms with Gasteiger partial charge in [-0.05, 0) is 31.5 Å². The van der Waals surface area contributed by atoms with Crippen molar-refractivity contribution in [1.29, 1.82) is 0 Å². The molecule has 0 saturated carbocycles. The van der Waals surface area contributed by atoms with Crippen LogP contribution in [0, 0.1) is 6.92 Å². The van der Waals surface area contributed by atoms with Gasteiger partial charge in [0.25, 0.3) is 0 Å². The van der Waals surface area contributed by atoms with Gasteiger partial charge in [0.2, 0.25) is 0 Å². The van der Waals surface area contributed by atoms with Gasteiger partial charge in [-0.25, -0.2) is 9.48 Å². The average Bonchev–Trinajstić information content (AvgIpc) is 2.88. The number of hydrogen-bond donors (Lipinski definition) is 1. The van der Waals surface area contributed by atoms with E-state index in [0.29, 0.717) is 6.54 Å². The summed E-state index contributed by atoms with van der Waals surface area (Å²) in [5, 5.41) is 16.2. The van der Waals surface area contributed by atoms with Crippen LogP contribution in [0.2, 0.25) is 0 Å². The highest BCUT2D eigenvalue weighted by atomic mass is 16.4. The summed E-state index contributed by atoms with van der Waals surface area (Å²) >= 11 is 0. The number of likely N-dealkylation sites (N-methyl/N-ethyl adjacent to an activating group) is 1. The first-order valence-electron chi connectivity index (χ1n) is 6.55. The molecule has 6 heteroatoms. The number of nitrogens with zero attached hydrogens (tertiary/aromatic N) is 4. The number of benzene rings is 1. The highest BCUT2D eigenvalue weighted by Gasteiger charge is 2.09. The smallest absolute Gasteiger partial charge is 0.358 e.